The topological polar surface area (TPSA) is 84.5 Å². The first kappa shape index (κ1) is 24.8. The lowest BCUT2D eigenvalue weighted by atomic mass is 10.0. The monoisotopic (exact) mass is 503 g/mol. The van der Waals surface area contributed by atoms with E-state index < -0.39 is 6.30 Å². The molecule has 3 N–H and O–H groups in total. The van der Waals surface area contributed by atoms with Crippen LogP contribution in [-0.2, 0) is 6.42 Å². The quantitative estimate of drug-likeness (QED) is 0.318. The van der Waals surface area contributed by atoms with Crippen LogP contribution in [0.25, 0.3) is 22.2 Å². The average molecular weight is 504 g/mol. The number of aromatic nitrogens is 3. The number of halogens is 1. The number of methoxy groups -OCH3 is 1. The van der Waals surface area contributed by atoms with Gasteiger partial charge in [0.2, 0.25) is 5.95 Å². The predicted octanol–water partition coefficient (Wildman–Crippen LogP) is 5.23. The second-order valence-electron chi connectivity index (χ2n) is 9.76. The Bertz CT molecular complexity index is 1420. The molecular weight excluding hydrogens is 469 g/mol. The van der Waals surface area contributed by atoms with E-state index in [0.29, 0.717) is 29.5 Å². The molecule has 1 unspecified atom stereocenters. The van der Waals surface area contributed by atoms with Crippen molar-refractivity contribution in [2.75, 3.05) is 57.3 Å². The Kier molecular flexibility index (Phi) is 6.88. The van der Waals surface area contributed by atoms with Crippen LogP contribution >= 0.6 is 0 Å². The van der Waals surface area contributed by atoms with Gasteiger partial charge in [-0.2, -0.15) is 0 Å². The van der Waals surface area contributed by atoms with Crippen LogP contribution in [0.5, 0.6) is 5.75 Å². The van der Waals surface area contributed by atoms with Gasteiger partial charge in [0, 0.05) is 49.0 Å². The third-order valence-corrected chi connectivity index (χ3v) is 6.95. The fraction of sp³-hybridized carbons (Fsp3) is 0.357. The third kappa shape index (κ3) is 4.79. The molecule has 3 heterocycles. The van der Waals surface area contributed by atoms with Crippen molar-refractivity contribution in [2.45, 2.75) is 25.6 Å². The van der Waals surface area contributed by atoms with Gasteiger partial charge in [0.05, 0.1) is 35.4 Å². The Morgan fingerprint density at radius 1 is 1.16 bits per heavy atom. The Balaban J connectivity index is 1.50. The zero-order valence-electron chi connectivity index (χ0n) is 21.8. The number of hydrogen-bond donors (Lipinski definition) is 2. The molecule has 37 heavy (non-hydrogen) atoms. The van der Waals surface area contributed by atoms with E-state index >= 15 is 0 Å². The van der Waals surface area contributed by atoms with Crippen LogP contribution in [0.4, 0.5) is 27.4 Å². The SMILES string of the molecule is COc1cc(N(C)CCN(C)C)c(N)cc1Nc1nccc(-c2c3n(c4ccccc24)C(F)CCC3)n1. The highest BCUT2D eigenvalue weighted by atomic mass is 19.1. The molecule has 0 radical (unpaired) electrons. The van der Waals surface area contributed by atoms with Crippen molar-refractivity contribution < 1.29 is 9.13 Å². The smallest absolute Gasteiger partial charge is 0.227 e. The van der Waals surface area contributed by atoms with Gasteiger partial charge in [-0.3, -0.25) is 0 Å². The fourth-order valence-electron chi connectivity index (χ4n) is 5.07. The predicted molar refractivity (Wildman–Crippen MR) is 149 cm³/mol. The van der Waals surface area contributed by atoms with Crippen LogP contribution in [0.1, 0.15) is 24.8 Å². The minimum atomic E-state index is -1.02. The van der Waals surface area contributed by atoms with E-state index in [1.807, 2.05) is 68.2 Å². The maximum Gasteiger partial charge on any atom is 0.227 e. The zero-order valence-corrected chi connectivity index (χ0v) is 21.8. The van der Waals surface area contributed by atoms with Crippen molar-refractivity contribution >= 4 is 33.9 Å². The Labute approximate surface area is 216 Å². The molecule has 1 aliphatic rings. The third-order valence-electron chi connectivity index (χ3n) is 6.95. The first-order valence-electron chi connectivity index (χ1n) is 12.6. The molecule has 0 saturated carbocycles. The molecule has 0 amide bonds. The Morgan fingerprint density at radius 2 is 1.97 bits per heavy atom. The van der Waals surface area contributed by atoms with Gasteiger partial charge in [0.1, 0.15) is 5.75 Å². The number of nitrogens with two attached hydrogens (primary N) is 1. The summed E-state index contributed by atoms with van der Waals surface area (Å²) in [6.45, 7) is 1.73. The van der Waals surface area contributed by atoms with Gasteiger partial charge >= 0.3 is 0 Å². The van der Waals surface area contributed by atoms with E-state index in [2.05, 4.69) is 20.1 Å². The summed E-state index contributed by atoms with van der Waals surface area (Å²) in [7, 11) is 7.73. The lowest BCUT2D eigenvalue weighted by Gasteiger charge is -2.24. The van der Waals surface area contributed by atoms with Crippen molar-refractivity contribution in [3.05, 3.63) is 54.4 Å². The molecule has 2 aromatic heterocycles. The molecule has 0 saturated heterocycles. The zero-order chi connectivity index (χ0) is 26.1. The molecule has 0 bridgehead atoms. The second-order valence-corrected chi connectivity index (χ2v) is 9.76. The number of alkyl halides is 1. The fourth-order valence-corrected chi connectivity index (χ4v) is 5.07. The molecule has 0 fully saturated rings. The number of likely N-dealkylation sites (N-methyl/N-ethyl adjacent to an activating group) is 2. The Hall–Kier alpha value is -3.85. The molecule has 9 heteroatoms. The first-order valence-corrected chi connectivity index (χ1v) is 12.6. The van der Waals surface area contributed by atoms with E-state index in [-0.39, 0.29) is 0 Å². The van der Waals surface area contributed by atoms with Gasteiger partial charge < -0.3 is 30.2 Å². The van der Waals surface area contributed by atoms with E-state index in [0.717, 1.165) is 59.5 Å². The molecule has 0 spiro atoms. The van der Waals surface area contributed by atoms with Gasteiger partial charge in [-0.15, -0.1) is 0 Å². The molecule has 1 aliphatic heterocycles. The van der Waals surface area contributed by atoms with Crippen molar-refractivity contribution in [2.24, 2.45) is 0 Å². The van der Waals surface area contributed by atoms with Crippen molar-refractivity contribution in [1.29, 1.82) is 0 Å². The summed E-state index contributed by atoms with van der Waals surface area (Å²) in [6.07, 6.45) is 2.85. The molecule has 0 aliphatic carbocycles. The van der Waals surface area contributed by atoms with Crippen LogP contribution in [0.2, 0.25) is 0 Å². The number of benzene rings is 2. The van der Waals surface area contributed by atoms with Gasteiger partial charge in [-0.25, -0.2) is 14.4 Å². The molecule has 5 rings (SSSR count). The maximum absolute atomic E-state index is 15.0. The highest BCUT2D eigenvalue weighted by molar-refractivity contribution is 5.97. The van der Waals surface area contributed by atoms with Crippen LogP contribution < -0.4 is 20.7 Å². The normalized spacial score (nSPS) is 15.1. The summed E-state index contributed by atoms with van der Waals surface area (Å²) in [5.41, 5.74) is 12.2. The van der Waals surface area contributed by atoms with E-state index in [1.54, 1.807) is 13.3 Å². The highest BCUT2D eigenvalue weighted by Crippen LogP contribution is 2.41. The molecular formula is C28H34FN7O. The average Bonchev–Trinajstić information content (AvgIpc) is 3.23. The molecule has 8 nitrogen and oxygen atoms in total. The molecule has 1 atom stereocenters. The van der Waals surface area contributed by atoms with Gasteiger partial charge in [-0.05, 0) is 51.6 Å². The minimum Gasteiger partial charge on any atom is -0.494 e. The minimum absolute atomic E-state index is 0.417. The summed E-state index contributed by atoms with van der Waals surface area (Å²) in [6, 6.07) is 13.6. The van der Waals surface area contributed by atoms with Crippen molar-refractivity contribution in [3.8, 4) is 17.0 Å². The number of para-hydroxylation sites is 1. The Morgan fingerprint density at radius 3 is 2.76 bits per heavy atom. The molecule has 4 aromatic rings. The number of anilines is 4. The largest absolute Gasteiger partial charge is 0.494 e. The van der Waals surface area contributed by atoms with Crippen molar-refractivity contribution in [1.82, 2.24) is 19.4 Å². The number of nitrogen functional groups attached to an aromatic ring is 1. The lowest BCUT2D eigenvalue weighted by molar-refractivity contribution is 0.205. The van der Waals surface area contributed by atoms with Gasteiger partial charge in [0.25, 0.3) is 0 Å². The summed E-state index contributed by atoms with van der Waals surface area (Å²) in [4.78, 5) is 13.5. The van der Waals surface area contributed by atoms with E-state index in [1.165, 1.54) is 0 Å². The van der Waals surface area contributed by atoms with E-state index in [9.17, 15) is 4.39 Å². The first-order chi connectivity index (χ1) is 17.9. The number of ether oxygens (including phenoxy) is 1. The van der Waals surface area contributed by atoms with Crippen molar-refractivity contribution in [3.63, 3.8) is 0 Å². The molecule has 2 aromatic carbocycles. The standard InChI is InChI=1S/C28H34FN7O/c1-34(2)14-15-35(3)24-17-25(37-4)21(16-19(24)30)33-28-31-13-12-20(32-28)27-18-8-5-6-9-22(18)36-23(27)10-7-11-26(36)29/h5-6,8-9,12-13,16-17,26H,7,10-11,14-15,30H2,1-4H3,(H,31,32,33). The number of fused-ring (bicyclic) bond motifs is 3. The maximum atomic E-state index is 15.0. The molecule has 194 valence electrons. The van der Waals surface area contributed by atoms with Crippen LogP contribution in [-0.4, -0.2) is 60.8 Å². The second kappa shape index (κ2) is 10.3. The van der Waals surface area contributed by atoms with E-state index in [4.69, 9.17) is 15.5 Å². The summed E-state index contributed by atoms with van der Waals surface area (Å²) >= 11 is 0. The van der Waals surface area contributed by atoms with Gasteiger partial charge in [-0.1, -0.05) is 18.2 Å². The highest BCUT2D eigenvalue weighted by Gasteiger charge is 2.27. The number of nitrogens with one attached hydrogen (secondary N) is 1. The summed E-state index contributed by atoms with van der Waals surface area (Å²) < 4.78 is 22.5. The number of rotatable bonds is 8. The summed E-state index contributed by atoms with van der Waals surface area (Å²) in [5.74, 6) is 1.06. The number of hydrogen-bond acceptors (Lipinski definition) is 7. The summed E-state index contributed by atoms with van der Waals surface area (Å²) in [5, 5.41) is 4.28. The lowest BCUT2D eigenvalue weighted by Crippen LogP contribution is -2.29. The van der Waals surface area contributed by atoms with Crippen LogP contribution in [0, 0.1) is 0 Å². The van der Waals surface area contributed by atoms with Gasteiger partial charge in [0.15, 0.2) is 6.30 Å². The van der Waals surface area contributed by atoms with Crippen LogP contribution in [0.15, 0.2) is 48.7 Å². The number of nitrogens with zero attached hydrogens (tertiary/aromatic N) is 5. The van der Waals surface area contributed by atoms with Crippen LogP contribution in [0.3, 0.4) is 0 Å².